The molecule has 0 saturated carbocycles. The molecule has 2 aromatic rings. The zero-order valence-electron chi connectivity index (χ0n) is 18.0. The summed E-state index contributed by atoms with van der Waals surface area (Å²) in [7, 11) is 1.61. The van der Waals surface area contributed by atoms with Crippen LogP contribution in [0, 0.1) is 0 Å². The lowest BCUT2D eigenvalue weighted by atomic mass is 9.90. The Kier molecular flexibility index (Phi) is 6.29. The Morgan fingerprint density at radius 3 is 2.33 bits per heavy atom. The van der Waals surface area contributed by atoms with Crippen molar-refractivity contribution in [3.63, 3.8) is 0 Å². The van der Waals surface area contributed by atoms with Crippen LogP contribution >= 0.6 is 0 Å². The summed E-state index contributed by atoms with van der Waals surface area (Å²) in [6, 6.07) is 10.7. The summed E-state index contributed by atoms with van der Waals surface area (Å²) < 4.78 is 5.25. The van der Waals surface area contributed by atoms with Crippen LogP contribution in [0.1, 0.15) is 39.2 Å². The molecule has 1 atom stereocenters. The number of nitrogens with zero attached hydrogens (tertiary/aromatic N) is 2. The number of methoxy groups -OCH3 is 1. The van der Waals surface area contributed by atoms with Gasteiger partial charge in [0.25, 0.3) is 5.91 Å². The molecule has 0 radical (unpaired) electrons. The summed E-state index contributed by atoms with van der Waals surface area (Å²) in [5.41, 5.74) is -0.543. The topological polar surface area (TPSA) is 79.0 Å². The van der Waals surface area contributed by atoms with Crippen LogP contribution in [0.3, 0.4) is 0 Å². The van der Waals surface area contributed by atoms with Gasteiger partial charge in [-0.25, -0.2) is 4.79 Å². The van der Waals surface area contributed by atoms with Gasteiger partial charge in [-0.1, -0.05) is 32.0 Å². The van der Waals surface area contributed by atoms with Crippen LogP contribution in [0.5, 0.6) is 5.75 Å². The van der Waals surface area contributed by atoms with E-state index in [0.29, 0.717) is 18.7 Å². The number of fused-ring (bicyclic) bond motifs is 1. The van der Waals surface area contributed by atoms with Crippen molar-refractivity contribution in [3.05, 3.63) is 42.0 Å². The van der Waals surface area contributed by atoms with E-state index in [1.165, 1.54) is 0 Å². The number of carbonyl (C=O) groups excluding carboxylic acids is 3. The number of hydrogen-bond acceptors (Lipinski definition) is 4. The average Bonchev–Trinajstić information content (AvgIpc) is 2.96. The fourth-order valence-electron chi connectivity index (χ4n) is 3.83. The van der Waals surface area contributed by atoms with Crippen LogP contribution in [-0.4, -0.2) is 54.4 Å². The van der Waals surface area contributed by atoms with Crippen molar-refractivity contribution in [2.45, 2.75) is 39.2 Å². The Balaban J connectivity index is 1.85. The first kappa shape index (κ1) is 21.6. The van der Waals surface area contributed by atoms with E-state index in [9.17, 15) is 14.4 Å². The number of ether oxygens (including phenoxy) is 1. The van der Waals surface area contributed by atoms with Gasteiger partial charge in [0.2, 0.25) is 5.91 Å². The molecule has 30 heavy (non-hydrogen) atoms. The minimum absolute atomic E-state index is 0.211. The van der Waals surface area contributed by atoms with E-state index in [1.54, 1.807) is 18.9 Å². The molecular formula is C23H29N3O4. The quantitative estimate of drug-likeness (QED) is 0.676. The molecule has 1 fully saturated rings. The van der Waals surface area contributed by atoms with Crippen LogP contribution in [0.4, 0.5) is 4.79 Å². The van der Waals surface area contributed by atoms with Crippen molar-refractivity contribution in [1.29, 1.82) is 0 Å². The molecule has 0 unspecified atom stereocenters. The molecule has 7 nitrogen and oxygen atoms in total. The molecule has 0 bridgehead atoms. The third-order valence-corrected chi connectivity index (χ3v) is 5.53. The molecule has 1 aliphatic heterocycles. The average molecular weight is 412 g/mol. The first-order chi connectivity index (χ1) is 14.3. The third-order valence-electron chi connectivity index (χ3n) is 5.53. The van der Waals surface area contributed by atoms with Crippen LogP contribution < -0.4 is 10.1 Å². The maximum Gasteiger partial charge on any atom is 0.325 e. The van der Waals surface area contributed by atoms with E-state index >= 15 is 0 Å². The Hall–Kier alpha value is -3.09. The molecule has 1 heterocycles. The summed E-state index contributed by atoms with van der Waals surface area (Å²) >= 11 is 0. The Bertz CT molecular complexity index is 968. The molecule has 4 amide bonds. The minimum atomic E-state index is -1.22. The molecule has 0 aliphatic carbocycles. The highest BCUT2D eigenvalue weighted by atomic mass is 16.5. The smallest absolute Gasteiger partial charge is 0.325 e. The Labute approximate surface area is 177 Å². The van der Waals surface area contributed by atoms with Crippen molar-refractivity contribution in [1.82, 2.24) is 15.1 Å². The van der Waals surface area contributed by atoms with Crippen LogP contribution in [0.15, 0.2) is 36.4 Å². The van der Waals surface area contributed by atoms with Gasteiger partial charge in [0.15, 0.2) is 0 Å². The summed E-state index contributed by atoms with van der Waals surface area (Å²) in [6.07, 6.45) is 1.65. The van der Waals surface area contributed by atoms with Crippen molar-refractivity contribution in [2.75, 3.05) is 26.7 Å². The van der Waals surface area contributed by atoms with Gasteiger partial charge < -0.3 is 15.0 Å². The van der Waals surface area contributed by atoms with Crippen LogP contribution in [0.2, 0.25) is 0 Å². The lowest BCUT2D eigenvalue weighted by Crippen LogP contribution is -2.45. The van der Waals surface area contributed by atoms with Gasteiger partial charge in [0.1, 0.15) is 17.8 Å². The number of rotatable bonds is 8. The Morgan fingerprint density at radius 1 is 1.07 bits per heavy atom. The predicted octanol–water partition coefficient (Wildman–Crippen LogP) is 3.26. The lowest BCUT2D eigenvalue weighted by Gasteiger charge is -2.25. The number of benzene rings is 2. The molecule has 0 aromatic heterocycles. The second kappa shape index (κ2) is 8.73. The second-order valence-electron chi connectivity index (χ2n) is 7.76. The molecule has 7 heteroatoms. The molecule has 1 aliphatic rings. The molecule has 1 N–H and O–H groups in total. The lowest BCUT2D eigenvalue weighted by molar-refractivity contribution is -0.139. The second-order valence-corrected chi connectivity index (χ2v) is 7.76. The zero-order valence-corrected chi connectivity index (χ0v) is 18.0. The molecular weight excluding hydrogens is 382 g/mol. The monoisotopic (exact) mass is 411 g/mol. The van der Waals surface area contributed by atoms with Gasteiger partial charge >= 0.3 is 6.03 Å². The van der Waals surface area contributed by atoms with Crippen LogP contribution in [-0.2, 0) is 15.1 Å². The summed E-state index contributed by atoms with van der Waals surface area (Å²) in [6.45, 7) is 6.65. The predicted molar refractivity (Wildman–Crippen MR) is 115 cm³/mol. The van der Waals surface area contributed by atoms with Gasteiger partial charge in [-0.15, -0.1) is 0 Å². The third kappa shape index (κ3) is 3.97. The summed E-state index contributed by atoms with van der Waals surface area (Å²) in [5, 5.41) is 4.69. The highest BCUT2D eigenvalue weighted by Gasteiger charge is 2.49. The van der Waals surface area contributed by atoms with E-state index in [-0.39, 0.29) is 12.5 Å². The maximum atomic E-state index is 13.2. The SMILES string of the molecule is CCCN(CCC)C(=O)CN1C(=O)N[C@@](C)(c2ccc3cc(OC)ccc3c2)C1=O. The Morgan fingerprint density at radius 2 is 1.70 bits per heavy atom. The summed E-state index contributed by atoms with van der Waals surface area (Å²) in [5.74, 6) is 0.124. The molecule has 1 saturated heterocycles. The highest BCUT2D eigenvalue weighted by molar-refractivity contribution is 6.09. The number of hydrogen-bond donors (Lipinski definition) is 1. The minimum Gasteiger partial charge on any atom is -0.497 e. The van der Waals surface area contributed by atoms with E-state index in [2.05, 4.69) is 5.32 Å². The first-order valence-corrected chi connectivity index (χ1v) is 10.3. The number of amides is 4. The van der Waals surface area contributed by atoms with Gasteiger partial charge in [-0.2, -0.15) is 0 Å². The van der Waals surface area contributed by atoms with Crippen molar-refractivity contribution in [3.8, 4) is 5.75 Å². The van der Waals surface area contributed by atoms with Crippen molar-refractivity contribution in [2.24, 2.45) is 0 Å². The summed E-state index contributed by atoms with van der Waals surface area (Å²) in [4.78, 5) is 41.2. The molecule has 160 valence electrons. The van der Waals surface area contributed by atoms with Gasteiger partial charge in [-0.05, 0) is 54.3 Å². The van der Waals surface area contributed by atoms with Gasteiger partial charge in [0, 0.05) is 13.1 Å². The molecule has 3 rings (SSSR count). The van der Waals surface area contributed by atoms with E-state index in [1.807, 2.05) is 50.2 Å². The number of imide groups is 1. The number of nitrogens with one attached hydrogen (secondary N) is 1. The van der Waals surface area contributed by atoms with E-state index in [4.69, 9.17) is 4.74 Å². The maximum absolute atomic E-state index is 13.2. The highest BCUT2D eigenvalue weighted by Crippen LogP contribution is 2.32. The molecule has 0 spiro atoms. The molecule has 2 aromatic carbocycles. The first-order valence-electron chi connectivity index (χ1n) is 10.3. The van der Waals surface area contributed by atoms with E-state index < -0.39 is 17.5 Å². The van der Waals surface area contributed by atoms with E-state index in [0.717, 1.165) is 34.3 Å². The normalized spacial score (nSPS) is 18.6. The fraction of sp³-hybridized carbons (Fsp3) is 0.435. The van der Waals surface area contributed by atoms with Crippen LogP contribution in [0.25, 0.3) is 10.8 Å². The zero-order chi connectivity index (χ0) is 21.9. The van der Waals surface area contributed by atoms with Crippen molar-refractivity contribution >= 4 is 28.6 Å². The van der Waals surface area contributed by atoms with Gasteiger partial charge in [0.05, 0.1) is 7.11 Å². The fourth-order valence-corrected chi connectivity index (χ4v) is 3.83. The van der Waals surface area contributed by atoms with Gasteiger partial charge in [-0.3, -0.25) is 14.5 Å². The standard InChI is InChI=1S/C23H29N3O4/c1-5-11-25(12-6-2)20(27)15-26-21(28)23(3,24-22(26)29)18-9-7-17-14-19(30-4)10-8-16(17)13-18/h7-10,13-14H,5-6,11-12,15H2,1-4H3,(H,24,29)/t23-/m0/s1. The largest absolute Gasteiger partial charge is 0.497 e. The van der Waals surface area contributed by atoms with Crippen molar-refractivity contribution < 1.29 is 19.1 Å². The number of urea groups is 1. The number of carbonyl (C=O) groups is 3.